The average molecular weight is 288 g/mol. The van der Waals surface area contributed by atoms with Crippen LogP contribution in [0.15, 0.2) is 9.42 Å². The SMILES string of the molecule is Cc1noc(C)c1S(=O)(=O)N(CCO)C1CCCC1. The first-order valence-corrected chi connectivity index (χ1v) is 7.98. The van der Waals surface area contributed by atoms with Crippen LogP contribution in [0.2, 0.25) is 0 Å². The fraction of sp³-hybridized carbons (Fsp3) is 0.750. The summed E-state index contributed by atoms with van der Waals surface area (Å²) in [7, 11) is -3.65. The summed E-state index contributed by atoms with van der Waals surface area (Å²) in [5.74, 6) is 0.304. The van der Waals surface area contributed by atoms with Crippen molar-refractivity contribution in [1.29, 1.82) is 0 Å². The highest BCUT2D eigenvalue weighted by Gasteiger charge is 2.36. The summed E-state index contributed by atoms with van der Waals surface area (Å²) in [5.41, 5.74) is 0.374. The molecule has 0 saturated heterocycles. The predicted octanol–water partition coefficient (Wildman–Crippen LogP) is 1.22. The maximum absolute atomic E-state index is 12.7. The van der Waals surface area contributed by atoms with Crippen LogP contribution in [-0.2, 0) is 10.0 Å². The van der Waals surface area contributed by atoms with Gasteiger partial charge in [-0.15, -0.1) is 0 Å². The molecule has 1 saturated carbocycles. The smallest absolute Gasteiger partial charge is 0.248 e. The Morgan fingerprint density at radius 2 is 2.00 bits per heavy atom. The van der Waals surface area contributed by atoms with Crippen LogP contribution in [-0.4, -0.2) is 42.2 Å². The molecule has 1 fully saturated rings. The normalized spacial score (nSPS) is 17.5. The van der Waals surface area contributed by atoms with Crippen molar-refractivity contribution in [2.24, 2.45) is 0 Å². The zero-order chi connectivity index (χ0) is 14.0. The minimum absolute atomic E-state index is 0.0224. The van der Waals surface area contributed by atoms with Crippen LogP contribution in [0, 0.1) is 13.8 Å². The number of aromatic nitrogens is 1. The minimum atomic E-state index is -3.65. The van der Waals surface area contributed by atoms with E-state index in [9.17, 15) is 8.42 Å². The zero-order valence-electron chi connectivity index (χ0n) is 11.3. The first-order chi connectivity index (χ1) is 8.98. The lowest BCUT2D eigenvalue weighted by molar-refractivity contribution is 0.226. The molecule has 1 aromatic rings. The summed E-state index contributed by atoms with van der Waals surface area (Å²) in [6.07, 6.45) is 3.76. The molecule has 0 atom stereocenters. The third-order valence-corrected chi connectivity index (χ3v) is 5.78. The Hall–Kier alpha value is -0.920. The Morgan fingerprint density at radius 3 is 2.47 bits per heavy atom. The second-order valence-corrected chi connectivity index (χ2v) is 6.76. The molecule has 1 aliphatic carbocycles. The number of rotatable bonds is 5. The van der Waals surface area contributed by atoms with Crippen LogP contribution in [0.5, 0.6) is 0 Å². The van der Waals surface area contributed by atoms with Gasteiger partial charge >= 0.3 is 0 Å². The van der Waals surface area contributed by atoms with Gasteiger partial charge in [-0.1, -0.05) is 18.0 Å². The molecule has 0 aliphatic heterocycles. The van der Waals surface area contributed by atoms with E-state index in [1.54, 1.807) is 13.8 Å². The maximum atomic E-state index is 12.7. The monoisotopic (exact) mass is 288 g/mol. The average Bonchev–Trinajstić information content (AvgIpc) is 2.96. The van der Waals surface area contributed by atoms with Gasteiger partial charge in [-0.25, -0.2) is 8.42 Å². The second kappa shape index (κ2) is 5.60. The molecule has 19 heavy (non-hydrogen) atoms. The summed E-state index contributed by atoms with van der Waals surface area (Å²) in [4.78, 5) is 0.146. The van der Waals surface area contributed by atoms with Crippen LogP contribution in [0.1, 0.15) is 37.1 Å². The molecule has 0 spiro atoms. The third kappa shape index (κ3) is 2.68. The molecular weight excluding hydrogens is 268 g/mol. The van der Waals surface area contributed by atoms with Gasteiger partial charge in [-0.2, -0.15) is 4.31 Å². The lowest BCUT2D eigenvalue weighted by Gasteiger charge is -2.27. The number of sulfonamides is 1. The number of aliphatic hydroxyl groups is 1. The second-order valence-electron chi connectivity index (χ2n) is 4.93. The van der Waals surface area contributed by atoms with Crippen LogP contribution in [0.4, 0.5) is 0 Å². The maximum Gasteiger partial charge on any atom is 0.248 e. The molecule has 108 valence electrons. The van der Waals surface area contributed by atoms with Crippen molar-refractivity contribution in [2.45, 2.75) is 50.5 Å². The molecule has 0 amide bonds. The van der Waals surface area contributed by atoms with E-state index in [1.807, 2.05) is 0 Å². The molecule has 1 aliphatic rings. The Kier molecular flexibility index (Phi) is 4.27. The Morgan fingerprint density at radius 1 is 1.37 bits per heavy atom. The van der Waals surface area contributed by atoms with E-state index in [0.717, 1.165) is 25.7 Å². The fourth-order valence-electron chi connectivity index (χ4n) is 2.75. The summed E-state index contributed by atoms with van der Waals surface area (Å²) >= 11 is 0. The molecule has 1 N–H and O–H groups in total. The summed E-state index contributed by atoms with van der Waals surface area (Å²) in [6.45, 7) is 3.16. The highest BCUT2D eigenvalue weighted by Crippen LogP contribution is 2.30. The predicted molar refractivity (Wildman–Crippen MR) is 69.2 cm³/mol. The van der Waals surface area contributed by atoms with E-state index in [1.165, 1.54) is 4.31 Å². The van der Waals surface area contributed by atoms with Crippen molar-refractivity contribution >= 4 is 10.0 Å². The van der Waals surface area contributed by atoms with E-state index in [-0.39, 0.29) is 24.1 Å². The van der Waals surface area contributed by atoms with Gasteiger partial charge in [-0.3, -0.25) is 0 Å². The molecule has 0 bridgehead atoms. The number of aryl methyl sites for hydroxylation is 2. The molecule has 6 nitrogen and oxygen atoms in total. The first-order valence-electron chi connectivity index (χ1n) is 6.54. The molecular formula is C12H20N2O4S. The molecule has 0 aromatic carbocycles. The summed E-state index contributed by atoms with van der Waals surface area (Å²) in [6, 6.07) is -0.0224. The van der Waals surface area contributed by atoms with Gasteiger partial charge in [-0.05, 0) is 26.7 Å². The molecule has 1 aromatic heterocycles. The molecule has 0 unspecified atom stereocenters. The lowest BCUT2D eigenvalue weighted by atomic mass is 10.2. The van der Waals surface area contributed by atoms with E-state index in [4.69, 9.17) is 9.63 Å². The summed E-state index contributed by atoms with van der Waals surface area (Å²) < 4.78 is 31.8. The van der Waals surface area contributed by atoms with Gasteiger partial charge in [0.1, 0.15) is 10.6 Å². The number of hydrogen-bond acceptors (Lipinski definition) is 5. The van der Waals surface area contributed by atoms with Gasteiger partial charge in [0.25, 0.3) is 0 Å². The van der Waals surface area contributed by atoms with E-state index >= 15 is 0 Å². The largest absolute Gasteiger partial charge is 0.395 e. The standard InChI is InChI=1S/C12H20N2O4S/c1-9-12(10(2)18-13-9)19(16,17)14(7-8-15)11-5-3-4-6-11/h11,15H,3-8H2,1-2H3. The van der Waals surface area contributed by atoms with Gasteiger partial charge in [0.2, 0.25) is 10.0 Å². The molecule has 1 heterocycles. The topological polar surface area (TPSA) is 83.6 Å². The van der Waals surface area contributed by atoms with Crippen LogP contribution < -0.4 is 0 Å². The van der Waals surface area contributed by atoms with Crippen molar-refractivity contribution in [3.8, 4) is 0 Å². The van der Waals surface area contributed by atoms with Crippen LogP contribution >= 0.6 is 0 Å². The quantitative estimate of drug-likeness (QED) is 0.880. The van der Waals surface area contributed by atoms with Crippen LogP contribution in [0.25, 0.3) is 0 Å². The Labute approximate surface area is 113 Å². The first kappa shape index (κ1) is 14.5. The van der Waals surface area contributed by atoms with E-state index < -0.39 is 10.0 Å². The minimum Gasteiger partial charge on any atom is -0.395 e. The summed E-state index contributed by atoms with van der Waals surface area (Å²) in [5, 5.41) is 12.9. The highest BCUT2D eigenvalue weighted by atomic mass is 32.2. The van der Waals surface area contributed by atoms with Gasteiger partial charge in [0.15, 0.2) is 5.76 Å². The van der Waals surface area contributed by atoms with Crippen molar-refractivity contribution in [1.82, 2.24) is 9.46 Å². The van der Waals surface area contributed by atoms with Gasteiger partial charge < -0.3 is 9.63 Å². The number of hydrogen-bond donors (Lipinski definition) is 1. The highest BCUT2D eigenvalue weighted by molar-refractivity contribution is 7.89. The Balaban J connectivity index is 2.39. The Bertz CT molecular complexity index is 512. The molecule has 7 heteroatoms. The lowest BCUT2D eigenvalue weighted by Crippen LogP contribution is -2.41. The van der Waals surface area contributed by atoms with Crippen LogP contribution in [0.3, 0.4) is 0 Å². The van der Waals surface area contributed by atoms with Crippen molar-refractivity contribution in [3.05, 3.63) is 11.5 Å². The third-order valence-electron chi connectivity index (χ3n) is 3.59. The van der Waals surface area contributed by atoms with E-state index in [2.05, 4.69) is 5.16 Å². The van der Waals surface area contributed by atoms with E-state index in [0.29, 0.717) is 11.5 Å². The molecule has 0 radical (unpaired) electrons. The van der Waals surface area contributed by atoms with Crippen molar-refractivity contribution < 1.29 is 18.0 Å². The van der Waals surface area contributed by atoms with Crippen molar-refractivity contribution in [3.63, 3.8) is 0 Å². The molecule has 2 rings (SSSR count). The van der Waals surface area contributed by atoms with Gasteiger partial charge in [0.05, 0.1) is 6.61 Å². The number of nitrogens with zero attached hydrogens (tertiary/aromatic N) is 2. The fourth-order valence-corrected chi connectivity index (χ4v) is 4.72. The number of aliphatic hydroxyl groups excluding tert-OH is 1. The zero-order valence-corrected chi connectivity index (χ0v) is 12.1. The van der Waals surface area contributed by atoms with Gasteiger partial charge in [0, 0.05) is 12.6 Å². The van der Waals surface area contributed by atoms with Crippen molar-refractivity contribution in [2.75, 3.05) is 13.2 Å².